The second-order valence-corrected chi connectivity index (χ2v) is 3.93. The van der Waals surface area contributed by atoms with E-state index >= 15 is 0 Å². The maximum atomic E-state index is 11.8. The topological polar surface area (TPSA) is 39.3 Å². The highest BCUT2D eigenvalue weighted by Gasteiger charge is 2.08. The molecule has 16 heavy (non-hydrogen) atoms. The first-order chi connectivity index (χ1) is 7.68. The van der Waals surface area contributed by atoms with E-state index in [1.165, 1.54) is 0 Å². The Labute approximate surface area is 91.8 Å². The number of nitrogens with zero attached hydrogens (tertiary/aromatic N) is 3. The number of para-hydroxylation sites is 1. The van der Waals surface area contributed by atoms with Gasteiger partial charge in [0.15, 0.2) is 0 Å². The number of benzene rings is 1. The van der Waals surface area contributed by atoms with Crippen LogP contribution >= 0.6 is 0 Å². The van der Waals surface area contributed by atoms with Crippen molar-refractivity contribution in [1.29, 1.82) is 0 Å². The zero-order chi connectivity index (χ0) is 11.3. The van der Waals surface area contributed by atoms with Crippen LogP contribution in [0.2, 0.25) is 0 Å². The Kier molecular flexibility index (Phi) is 1.68. The van der Waals surface area contributed by atoms with Crippen molar-refractivity contribution in [3.05, 3.63) is 46.5 Å². The van der Waals surface area contributed by atoms with Crippen molar-refractivity contribution in [2.75, 3.05) is 0 Å². The van der Waals surface area contributed by atoms with Gasteiger partial charge in [0.2, 0.25) is 5.78 Å². The Morgan fingerprint density at radius 1 is 1.25 bits per heavy atom. The second-order valence-electron chi connectivity index (χ2n) is 3.93. The molecule has 0 aliphatic heterocycles. The fourth-order valence-corrected chi connectivity index (χ4v) is 1.97. The first-order valence-electron chi connectivity index (χ1n) is 5.12. The zero-order valence-corrected chi connectivity index (χ0v) is 9.14. The predicted molar refractivity (Wildman–Crippen MR) is 62.7 cm³/mol. The van der Waals surface area contributed by atoms with Gasteiger partial charge in [0.25, 0.3) is 5.56 Å². The van der Waals surface area contributed by atoms with E-state index in [0.29, 0.717) is 11.2 Å². The predicted octanol–water partition coefficient (Wildman–Crippen LogP) is 1.49. The van der Waals surface area contributed by atoms with Gasteiger partial charge in [-0.05, 0) is 19.1 Å². The van der Waals surface area contributed by atoms with Crippen molar-refractivity contribution in [3.8, 4) is 0 Å². The van der Waals surface area contributed by atoms with Gasteiger partial charge >= 0.3 is 0 Å². The largest absolute Gasteiger partial charge is 0.317 e. The normalized spacial score (nSPS) is 11.4. The lowest BCUT2D eigenvalue weighted by atomic mass is 10.2. The molecule has 3 rings (SSSR count). The maximum absolute atomic E-state index is 11.8. The molecule has 0 amide bonds. The molecular weight excluding hydrogens is 202 g/mol. The lowest BCUT2D eigenvalue weighted by molar-refractivity contribution is 0.888. The number of hydrogen-bond acceptors (Lipinski definition) is 2. The van der Waals surface area contributed by atoms with E-state index in [0.717, 1.165) is 11.2 Å². The molecule has 0 saturated carbocycles. The van der Waals surface area contributed by atoms with Crippen molar-refractivity contribution in [3.63, 3.8) is 0 Å². The summed E-state index contributed by atoms with van der Waals surface area (Å²) in [5.41, 5.74) is 1.81. The van der Waals surface area contributed by atoms with Crippen LogP contribution < -0.4 is 5.56 Å². The number of aryl methyl sites for hydroxylation is 2. The number of hydrogen-bond donors (Lipinski definition) is 0. The minimum atomic E-state index is -0.170. The standard InChI is InChI=1S/C12H11N3O/c1-8-7-15-10-6-4-3-5-9(10)11(16)13-12(15)14(8)2/h3-7H,1-2H3. The summed E-state index contributed by atoms with van der Waals surface area (Å²) in [5, 5.41) is 0.658. The molecule has 0 fully saturated rings. The summed E-state index contributed by atoms with van der Waals surface area (Å²) in [6.45, 7) is 1.99. The van der Waals surface area contributed by atoms with E-state index in [9.17, 15) is 4.79 Å². The molecule has 3 aromatic rings. The molecule has 2 heterocycles. The van der Waals surface area contributed by atoms with Gasteiger partial charge in [-0.25, -0.2) is 0 Å². The fraction of sp³-hybridized carbons (Fsp3) is 0.167. The van der Waals surface area contributed by atoms with Crippen molar-refractivity contribution in [2.24, 2.45) is 7.05 Å². The van der Waals surface area contributed by atoms with Crippen LogP contribution in [0.15, 0.2) is 35.3 Å². The van der Waals surface area contributed by atoms with Gasteiger partial charge in [-0.2, -0.15) is 4.98 Å². The molecule has 0 spiro atoms. The van der Waals surface area contributed by atoms with Crippen LogP contribution in [0.5, 0.6) is 0 Å². The summed E-state index contributed by atoms with van der Waals surface area (Å²) in [6, 6.07) is 7.52. The third kappa shape index (κ3) is 1.04. The SMILES string of the molecule is Cc1cn2c3ccccc3c(=O)nc2n1C. The Morgan fingerprint density at radius 3 is 2.81 bits per heavy atom. The molecule has 0 atom stereocenters. The molecule has 0 unspecified atom stereocenters. The van der Waals surface area contributed by atoms with E-state index in [1.54, 1.807) is 6.07 Å². The summed E-state index contributed by atoms with van der Waals surface area (Å²) in [7, 11) is 1.91. The zero-order valence-electron chi connectivity index (χ0n) is 9.14. The van der Waals surface area contributed by atoms with Crippen LogP contribution in [0, 0.1) is 6.92 Å². The molecule has 0 N–H and O–H groups in total. The van der Waals surface area contributed by atoms with E-state index < -0.39 is 0 Å². The molecule has 80 valence electrons. The Hall–Kier alpha value is -2.10. The Bertz CT molecular complexity index is 752. The van der Waals surface area contributed by atoms with Gasteiger partial charge < -0.3 is 4.57 Å². The Morgan fingerprint density at radius 2 is 2.00 bits per heavy atom. The smallest absolute Gasteiger partial charge is 0.282 e. The second kappa shape index (κ2) is 2.95. The van der Waals surface area contributed by atoms with Crippen molar-refractivity contribution < 1.29 is 0 Å². The summed E-state index contributed by atoms with van der Waals surface area (Å²) >= 11 is 0. The summed E-state index contributed by atoms with van der Waals surface area (Å²) in [5.74, 6) is 0.682. The number of imidazole rings is 1. The summed E-state index contributed by atoms with van der Waals surface area (Å²) < 4.78 is 3.86. The first-order valence-corrected chi connectivity index (χ1v) is 5.12. The summed E-state index contributed by atoms with van der Waals surface area (Å²) in [4.78, 5) is 15.9. The monoisotopic (exact) mass is 213 g/mol. The maximum Gasteiger partial charge on any atom is 0.282 e. The third-order valence-electron chi connectivity index (χ3n) is 2.96. The van der Waals surface area contributed by atoms with Gasteiger partial charge in [-0.15, -0.1) is 0 Å². The van der Waals surface area contributed by atoms with Gasteiger partial charge in [0.05, 0.1) is 10.9 Å². The van der Waals surface area contributed by atoms with Crippen LogP contribution in [0.4, 0.5) is 0 Å². The van der Waals surface area contributed by atoms with Gasteiger partial charge in [0, 0.05) is 18.9 Å². The lowest BCUT2D eigenvalue weighted by Gasteiger charge is -2.01. The average Bonchev–Trinajstić information content (AvgIpc) is 2.57. The highest BCUT2D eigenvalue weighted by molar-refractivity contribution is 5.79. The minimum Gasteiger partial charge on any atom is -0.317 e. The molecule has 0 aliphatic carbocycles. The van der Waals surface area contributed by atoms with E-state index in [2.05, 4.69) is 4.98 Å². The number of aromatic nitrogens is 3. The molecule has 0 saturated heterocycles. The third-order valence-corrected chi connectivity index (χ3v) is 2.96. The Balaban J connectivity index is 2.69. The summed E-state index contributed by atoms with van der Waals surface area (Å²) in [6.07, 6.45) is 1.99. The molecule has 2 aromatic heterocycles. The molecule has 4 nitrogen and oxygen atoms in total. The molecule has 0 aliphatic rings. The van der Waals surface area contributed by atoms with Crippen molar-refractivity contribution in [2.45, 2.75) is 6.92 Å². The van der Waals surface area contributed by atoms with Gasteiger partial charge in [-0.1, -0.05) is 12.1 Å². The van der Waals surface area contributed by atoms with Crippen molar-refractivity contribution >= 4 is 16.7 Å². The van der Waals surface area contributed by atoms with Crippen LogP contribution in [0.3, 0.4) is 0 Å². The van der Waals surface area contributed by atoms with E-state index in [1.807, 2.05) is 47.3 Å². The molecule has 0 bridgehead atoms. The van der Waals surface area contributed by atoms with E-state index in [-0.39, 0.29) is 5.56 Å². The molecule has 4 heteroatoms. The van der Waals surface area contributed by atoms with Gasteiger partial charge in [0.1, 0.15) is 0 Å². The first kappa shape index (κ1) is 9.15. The quantitative estimate of drug-likeness (QED) is 0.567. The van der Waals surface area contributed by atoms with E-state index in [4.69, 9.17) is 0 Å². The van der Waals surface area contributed by atoms with Crippen LogP contribution in [-0.4, -0.2) is 14.0 Å². The molecule has 0 radical (unpaired) electrons. The molecular formula is C12H11N3O. The van der Waals surface area contributed by atoms with Crippen LogP contribution in [-0.2, 0) is 7.05 Å². The number of fused-ring (bicyclic) bond motifs is 3. The van der Waals surface area contributed by atoms with Crippen LogP contribution in [0.1, 0.15) is 5.69 Å². The highest BCUT2D eigenvalue weighted by atomic mass is 16.1. The van der Waals surface area contributed by atoms with Crippen molar-refractivity contribution in [1.82, 2.24) is 14.0 Å². The van der Waals surface area contributed by atoms with Gasteiger partial charge in [-0.3, -0.25) is 9.20 Å². The average molecular weight is 213 g/mol. The fourth-order valence-electron chi connectivity index (χ4n) is 1.97. The number of rotatable bonds is 0. The van der Waals surface area contributed by atoms with Crippen LogP contribution in [0.25, 0.3) is 16.7 Å². The lowest BCUT2D eigenvalue weighted by Crippen LogP contribution is -2.11. The minimum absolute atomic E-state index is 0.170. The molecule has 1 aromatic carbocycles. The highest BCUT2D eigenvalue weighted by Crippen LogP contribution is 2.13.